The highest BCUT2D eigenvalue weighted by Crippen LogP contribution is 2.46. The van der Waals surface area contributed by atoms with Gasteiger partial charge in [0.25, 0.3) is 11.5 Å². The summed E-state index contributed by atoms with van der Waals surface area (Å²) in [7, 11) is 0. The number of aromatic amines is 1. The SMILES string of the molecule is Cc1c(N2CC3CCC(F)(F)C(N)C3C2)c(F)c(N)c2c(=O)[nH]c(=O)n(C3CC3)c12. The highest BCUT2D eigenvalue weighted by Gasteiger charge is 2.52. The van der Waals surface area contributed by atoms with Gasteiger partial charge in [-0.25, -0.2) is 18.0 Å². The fourth-order valence-corrected chi connectivity index (χ4v) is 5.39. The molecule has 30 heavy (non-hydrogen) atoms. The zero-order valence-electron chi connectivity index (χ0n) is 16.6. The molecule has 0 bridgehead atoms. The van der Waals surface area contributed by atoms with Crippen LogP contribution in [0.3, 0.4) is 0 Å². The number of aryl methyl sites for hydroxylation is 1. The van der Waals surface area contributed by atoms with Gasteiger partial charge in [0.15, 0.2) is 5.82 Å². The number of nitrogens with two attached hydrogens (primary N) is 2. The minimum atomic E-state index is -2.94. The summed E-state index contributed by atoms with van der Waals surface area (Å²) in [5.74, 6) is -4.23. The molecule has 10 heteroatoms. The van der Waals surface area contributed by atoms with E-state index in [1.807, 2.05) is 0 Å². The van der Waals surface area contributed by atoms with E-state index in [0.29, 0.717) is 24.0 Å². The number of hydrogen-bond donors (Lipinski definition) is 3. The Balaban J connectivity index is 1.69. The van der Waals surface area contributed by atoms with E-state index in [1.165, 1.54) is 4.57 Å². The summed E-state index contributed by atoms with van der Waals surface area (Å²) < 4.78 is 45.1. The third kappa shape index (κ3) is 2.62. The van der Waals surface area contributed by atoms with Gasteiger partial charge in [0, 0.05) is 37.0 Å². The Kier molecular flexibility index (Phi) is 4.06. The van der Waals surface area contributed by atoms with Gasteiger partial charge in [0.1, 0.15) is 0 Å². The van der Waals surface area contributed by atoms with Crippen molar-refractivity contribution in [3.63, 3.8) is 0 Å². The monoisotopic (exact) mass is 423 g/mol. The van der Waals surface area contributed by atoms with Crippen LogP contribution in [0.2, 0.25) is 0 Å². The van der Waals surface area contributed by atoms with Crippen molar-refractivity contribution in [2.45, 2.75) is 50.6 Å². The number of hydrogen-bond acceptors (Lipinski definition) is 5. The first kappa shape index (κ1) is 19.5. The van der Waals surface area contributed by atoms with Crippen LogP contribution in [0.15, 0.2) is 9.59 Å². The summed E-state index contributed by atoms with van der Waals surface area (Å²) in [5, 5.41) is -0.0416. The van der Waals surface area contributed by atoms with Crippen molar-refractivity contribution in [2.24, 2.45) is 17.6 Å². The Morgan fingerprint density at radius 3 is 2.53 bits per heavy atom. The largest absolute Gasteiger partial charge is 0.396 e. The lowest BCUT2D eigenvalue weighted by Crippen LogP contribution is -2.52. The number of aromatic nitrogens is 2. The number of halogens is 3. The molecule has 2 aromatic rings. The van der Waals surface area contributed by atoms with Gasteiger partial charge >= 0.3 is 5.69 Å². The molecule has 1 aliphatic heterocycles. The third-order valence-corrected chi connectivity index (χ3v) is 7.09. The van der Waals surface area contributed by atoms with Crippen LogP contribution in [0.4, 0.5) is 24.5 Å². The maximum absolute atomic E-state index is 15.4. The van der Waals surface area contributed by atoms with Crippen LogP contribution < -0.4 is 27.6 Å². The van der Waals surface area contributed by atoms with Crippen LogP contribution in [0.25, 0.3) is 10.9 Å². The molecule has 0 radical (unpaired) electrons. The first-order valence-electron chi connectivity index (χ1n) is 10.3. The van der Waals surface area contributed by atoms with E-state index >= 15 is 4.39 Å². The lowest BCUT2D eigenvalue weighted by molar-refractivity contribution is -0.0794. The van der Waals surface area contributed by atoms with E-state index in [9.17, 15) is 18.4 Å². The van der Waals surface area contributed by atoms with E-state index < -0.39 is 34.9 Å². The average Bonchev–Trinajstić information content (AvgIpc) is 3.41. The molecule has 3 fully saturated rings. The number of H-pyrrole nitrogens is 1. The summed E-state index contributed by atoms with van der Waals surface area (Å²) in [5.41, 5.74) is 11.2. The summed E-state index contributed by atoms with van der Waals surface area (Å²) in [4.78, 5) is 28.9. The van der Waals surface area contributed by atoms with Gasteiger partial charge in [-0.2, -0.15) is 0 Å². The van der Waals surface area contributed by atoms with Crippen molar-refractivity contribution in [1.82, 2.24) is 9.55 Å². The standard InChI is InChI=1S/C20H24F3N5O2/c1-8-15-12(18(29)26-19(30)28(15)10-2-3-10)14(24)13(21)16(8)27-6-9-4-5-20(22,23)17(25)11(9)7-27/h9-11,17H,2-7,24-25H2,1H3,(H,26,29,30). The highest BCUT2D eigenvalue weighted by atomic mass is 19.3. The predicted molar refractivity (Wildman–Crippen MR) is 108 cm³/mol. The molecule has 7 nitrogen and oxygen atoms in total. The molecular weight excluding hydrogens is 399 g/mol. The number of nitrogens with one attached hydrogen (secondary N) is 1. The Bertz CT molecular complexity index is 1170. The maximum Gasteiger partial charge on any atom is 0.329 e. The lowest BCUT2D eigenvalue weighted by atomic mass is 9.76. The molecule has 1 saturated heterocycles. The average molecular weight is 423 g/mol. The molecule has 3 unspecified atom stereocenters. The predicted octanol–water partition coefficient (Wildman–Crippen LogP) is 1.86. The van der Waals surface area contributed by atoms with E-state index in [4.69, 9.17) is 11.5 Å². The van der Waals surface area contributed by atoms with Crippen molar-refractivity contribution in [3.8, 4) is 0 Å². The number of fused-ring (bicyclic) bond motifs is 2. The van der Waals surface area contributed by atoms with Crippen LogP contribution >= 0.6 is 0 Å². The van der Waals surface area contributed by atoms with E-state index in [1.54, 1.807) is 11.8 Å². The second-order valence-corrected chi connectivity index (χ2v) is 8.94. The molecule has 2 aliphatic carbocycles. The molecule has 162 valence electrons. The van der Waals surface area contributed by atoms with Crippen LogP contribution in [0, 0.1) is 24.6 Å². The van der Waals surface area contributed by atoms with Crippen LogP contribution in [0.5, 0.6) is 0 Å². The molecule has 1 aromatic heterocycles. The van der Waals surface area contributed by atoms with E-state index in [-0.39, 0.29) is 41.7 Å². The van der Waals surface area contributed by atoms with Crippen LogP contribution in [-0.2, 0) is 0 Å². The normalized spacial score (nSPS) is 28.2. The van der Waals surface area contributed by atoms with Crippen molar-refractivity contribution in [1.29, 1.82) is 0 Å². The topological polar surface area (TPSA) is 110 Å². The maximum atomic E-state index is 15.4. The van der Waals surface area contributed by atoms with Gasteiger partial charge < -0.3 is 16.4 Å². The molecule has 1 aromatic carbocycles. The first-order valence-corrected chi connectivity index (χ1v) is 10.3. The Labute approximate surface area is 169 Å². The molecule has 5 rings (SSSR count). The summed E-state index contributed by atoms with van der Waals surface area (Å²) >= 11 is 0. The summed E-state index contributed by atoms with van der Waals surface area (Å²) in [6.07, 6.45) is 1.61. The second kappa shape index (κ2) is 6.26. The summed E-state index contributed by atoms with van der Waals surface area (Å²) in [6, 6.07) is -1.35. The first-order chi connectivity index (χ1) is 14.1. The van der Waals surface area contributed by atoms with Gasteiger partial charge in [-0.15, -0.1) is 0 Å². The fraction of sp³-hybridized carbons (Fsp3) is 0.600. The molecule has 0 amide bonds. The number of rotatable bonds is 2. The van der Waals surface area contributed by atoms with Crippen LogP contribution in [-0.4, -0.2) is 34.6 Å². The molecule has 5 N–H and O–H groups in total. The highest BCUT2D eigenvalue weighted by molar-refractivity contribution is 5.97. The van der Waals surface area contributed by atoms with Crippen LogP contribution in [0.1, 0.15) is 37.3 Å². The third-order valence-electron chi connectivity index (χ3n) is 7.09. The van der Waals surface area contributed by atoms with Crippen molar-refractivity contribution in [2.75, 3.05) is 23.7 Å². The fourth-order valence-electron chi connectivity index (χ4n) is 5.39. The van der Waals surface area contributed by atoms with Crippen molar-refractivity contribution < 1.29 is 13.2 Å². The van der Waals surface area contributed by atoms with Gasteiger partial charge in [0.05, 0.1) is 28.3 Å². The Morgan fingerprint density at radius 2 is 1.87 bits per heavy atom. The molecule has 2 heterocycles. The second-order valence-electron chi connectivity index (χ2n) is 8.94. The minimum Gasteiger partial charge on any atom is -0.396 e. The number of anilines is 2. The smallest absolute Gasteiger partial charge is 0.329 e. The molecule has 3 aliphatic rings. The molecular formula is C20H24F3N5O2. The number of nitrogen functional groups attached to an aromatic ring is 1. The minimum absolute atomic E-state index is 0.0416. The molecule has 3 atom stereocenters. The zero-order chi connectivity index (χ0) is 21.5. The number of benzene rings is 1. The molecule has 2 saturated carbocycles. The quantitative estimate of drug-likeness (QED) is 0.639. The zero-order valence-corrected chi connectivity index (χ0v) is 16.6. The van der Waals surface area contributed by atoms with Crippen molar-refractivity contribution in [3.05, 3.63) is 32.2 Å². The summed E-state index contributed by atoms with van der Waals surface area (Å²) in [6.45, 7) is 2.21. The van der Waals surface area contributed by atoms with Gasteiger partial charge in [-0.05, 0) is 32.1 Å². The van der Waals surface area contributed by atoms with Gasteiger partial charge in [-0.3, -0.25) is 14.3 Å². The number of alkyl halides is 2. The lowest BCUT2D eigenvalue weighted by Gasteiger charge is -2.36. The Hall–Kier alpha value is -2.49. The van der Waals surface area contributed by atoms with Gasteiger partial charge in [-0.1, -0.05) is 0 Å². The Morgan fingerprint density at radius 1 is 1.17 bits per heavy atom. The van der Waals surface area contributed by atoms with E-state index in [2.05, 4.69) is 4.98 Å². The van der Waals surface area contributed by atoms with E-state index in [0.717, 1.165) is 12.8 Å². The number of nitrogens with zero attached hydrogens (tertiary/aromatic N) is 2. The molecule has 0 spiro atoms. The van der Waals surface area contributed by atoms with Crippen molar-refractivity contribution >= 4 is 22.3 Å². The van der Waals surface area contributed by atoms with Gasteiger partial charge in [0.2, 0.25) is 0 Å².